The third-order valence-electron chi connectivity index (χ3n) is 4.65. The topological polar surface area (TPSA) is 44.1 Å². The molecule has 126 valence electrons. The fourth-order valence-corrected chi connectivity index (χ4v) is 3.26. The van der Waals surface area contributed by atoms with Crippen molar-refractivity contribution in [1.29, 1.82) is 0 Å². The third-order valence-corrected chi connectivity index (χ3v) is 4.65. The van der Waals surface area contributed by atoms with E-state index in [1.54, 1.807) is 10.6 Å². The summed E-state index contributed by atoms with van der Waals surface area (Å²) in [5, 5.41) is 0. The molecule has 0 amide bonds. The molecule has 3 aromatic rings. The second-order valence-corrected chi connectivity index (χ2v) is 6.45. The van der Waals surface area contributed by atoms with Gasteiger partial charge in [-0.05, 0) is 43.2 Å². The highest BCUT2D eigenvalue weighted by Crippen LogP contribution is 2.25. The number of fused-ring (bicyclic) bond motifs is 1. The molecule has 0 saturated heterocycles. The van der Waals surface area contributed by atoms with E-state index in [9.17, 15) is 4.79 Å². The number of aryl methyl sites for hydroxylation is 1. The van der Waals surface area contributed by atoms with Crippen molar-refractivity contribution in [3.63, 3.8) is 0 Å². The normalized spacial score (nSPS) is 15.8. The molecule has 0 bridgehead atoms. The molecule has 1 aliphatic heterocycles. The Labute approximate surface area is 146 Å². The maximum atomic E-state index is 12.3. The van der Waals surface area contributed by atoms with Gasteiger partial charge in [-0.25, -0.2) is 4.98 Å². The quantitative estimate of drug-likeness (QED) is 0.725. The molecule has 0 aliphatic carbocycles. The maximum absolute atomic E-state index is 12.3. The van der Waals surface area contributed by atoms with E-state index in [0.29, 0.717) is 6.61 Å². The van der Waals surface area contributed by atoms with Crippen LogP contribution in [0.25, 0.3) is 11.3 Å². The van der Waals surface area contributed by atoms with E-state index in [1.165, 1.54) is 0 Å². The molecule has 1 unspecified atom stereocenters. The van der Waals surface area contributed by atoms with Gasteiger partial charge >= 0.3 is 0 Å². The number of aromatic nitrogens is 2. The maximum Gasteiger partial charge on any atom is 0.254 e. The Morgan fingerprint density at radius 1 is 1.12 bits per heavy atom. The minimum Gasteiger partial charge on any atom is -0.489 e. The summed E-state index contributed by atoms with van der Waals surface area (Å²) in [5.41, 5.74) is 2.84. The van der Waals surface area contributed by atoms with E-state index in [1.807, 2.05) is 54.6 Å². The molecular weight excluding hydrogens is 312 g/mol. The van der Waals surface area contributed by atoms with Crippen LogP contribution in [0.15, 0.2) is 65.5 Å². The van der Waals surface area contributed by atoms with Crippen LogP contribution in [0.4, 0.5) is 0 Å². The van der Waals surface area contributed by atoms with E-state index in [2.05, 4.69) is 11.9 Å². The van der Waals surface area contributed by atoms with Crippen molar-refractivity contribution in [2.75, 3.05) is 0 Å². The van der Waals surface area contributed by atoms with Crippen LogP contribution < -0.4 is 10.3 Å². The van der Waals surface area contributed by atoms with Gasteiger partial charge in [0.15, 0.2) is 0 Å². The van der Waals surface area contributed by atoms with Crippen molar-refractivity contribution in [3.05, 3.63) is 82.4 Å². The van der Waals surface area contributed by atoms with Gasteiger partial charge in [0.05, 0.1) is 5.69 Å². The predicted octanol–water partition coefficient (Wildman–Crippen LogP) is 4.00. The van der Waals surface area contributed by atoms with Crippen LogP contribution in [-0.2, 0) is 13.0 Å². The number of hydrogen-bond donors (Lipinski definition) is 0. The number of benzene rings is 2. The Kier molecular flexibility index (Phi) is 4.10. The number of hydrogen-bond acceptors (Lipinski definition) is 3. The summed E-state index contributed by atoms with van der Waals surface area (Å²) in [6.07, 6.45) is 1.85. The summed E-state index contributed by atoms with van der Waals surface area (Å²) in [5.74, 6) is 1.69. The Balaban J connectivity index is 1.53. The van der Waals surface area contributed by atoms with Crippen molar-refractivity contribution in [3.8, 4) is 17.0 Å². The lowest BCUT2D eigenvalue weighted by atomic mass is 10.1. The van der Waals surface area contributed by atoms with Crippen LogP contribution in [0.2, 0.25) is 0 Å². The molecule has 1 atom stereocenters. The van der Waals surface area contributed by atoms with Gasteiger partial charge in [0.25, 0.3) is 5.56 Å². The van der Waals surface area contributed by atoms with Crippen LogP contribution in [-0.4, -0.2) is 9.55 Å². The van der Waals surface area contributed by atoms with Crippen molar-refractivity contribution in [1.82, 2.24) is 9.55 Å². The van der Waals surface area contributed by atoms with E-state index < -0.39 is 0 Å². The summed E-state index contributed by atoms with van der Waals surface area (Å²) < 4.78 is 7.61. The Morgan fingerprint density at radius 2 is 1.88 bits per heavy atom. The molecule has 0 saturated carbocycles. The molecule has 1 aliphatic rings. The van der Waals surface area contributed by atoms with Gasteiger partial charge in [-0.3, -0.25) is 9.36 Å². The van der Waals surface area contributed by atoms with Crippen LogP contribution in [0.5, 0.6) is 5.75 Å². The molecule has 1 aromatic heterocycles. The minimum absolute atomic E-state index is 0.0365. The average Bonchev–Trinajstić information content (AvgIpc) is 3.03. The highest BCUT2D eigenvalue weighted by Gasteiger charge is 2.21. The average molecular weight is 332 g/mol. The molecule has 0 radical (unpaired) electrons. The van der Waals surface area contributed by atoms with Crippen LogP contribution in [0.1, 0.15) is 30.8 Å². The molecular formula is C21H20N2O2. The smallest absolute Gasteiger partial charge is 0.254 e. The number of nitrogens with zero attached hydrogens (tertiary/aromatic N) is 2. The molecule has 0 N–H and O–H groups in total. The second kappa shape index (κ2) is 6.55. The van der Waals surface area contributed by atoms with Crippen LogP contribution in [0.3, 0.4) is 0 Å². The summed E-state index contributed by atoms with van der Waals surface area (Å²) in [6.45, 7) is 2.61. The largest absolute Gasteiger partial charge is 0.489 e. The predicted molar refractivity (Wildman–Crippen MR) is 97.7 cm³/mol. The molecule has 25 heavy (non-hydrogen) atoms. The summed E-state index contributed by atoms with van der Waals surface area (Å²) in [6, 6.07) is 19.7. The summed E-state index contributed by atoms with van der Waals surface area (Å²) in [7, 11) is 0. The Bertz CT molecular complexity index is 930. The minimum atomic E-state index is 0.0365. The molecule has 2 heterocycles. The molecule has 0 fully saturated rings. The molecule has 4 heteroatoms. The fourth-order valence-electron chi connectivity index (χ4n) is 3.26. The molecule has 4 nitrogen and oxygen atoms in total. The van der Waals surface area contributed by atoms with Gasteiger partial charge in [0.1, 0.15) is 18.2 Å². The van der Waals surface area contributed by atoms with Gasteiger partial charge in [0, 0.05) is 24.1 Å². The van der Waals surface area contributed by atoms with Gasteiger partial charge in [-0.1, -0.05) is 30.3 Å². The molecule has 0 spiro atoms. The van der Waals surface area contributed by atoms with E-state index in [4.69, 9.17) is 4.74 Å². The monoisotopic (exact) mass is 332 g/mol. The zero-order valence-corrected chi connectivity index (χ0v) is 14.2. The molecule has 4 rings (SSSR count). The lowest BCUT2D eigenvalue weighted by Crippen LogP contribution is -2.22. The first-order valence-electron chi connectivity index (χ1n) is 8.60. The first-order valence-corrected chi connectivity index (χ1v) is 8.60. The zero-order chi connectivity index (χ0) is 17.2. The SMILES string of the molecule is CC1CCc2nc(-c3ccc(OCc4ccccc4)cc3)cc(=O)n21. The number of rotatable bonds is 4. The van der Waals surface area contributed by atoms with Gasteiger partial charge in [0.2, 0.25) is 0 Å². The van der Waals surface area contributed by atoms with E-state index in [-0.39, 0.29) is 11.6 Å². The third kappa shape index (κ3) is 3.20. The second-order valence-electron chi connectivity index (χ2n) is 6.45. The fraction of sp³-hybridized carbons (Fsp3) is 0.238. The van der Waals surface area contributed by atoms with E-state index in [0.717, 1.165) is 41.2 Å². The highest BCUT2D eigenvalue weighted by atomic mass is 16.5. The lowest BCUT2D eigenvalue weighted by Gasteiger charge is -2.10. The van der Waals surface area contributed by atoms with Crippen molar-refractivity contribution < 1.29 is 4.74 Å². The standard InChI is InChI=1S/C21H20N2O2/c1-15-7-12-20-22-19(13-21(24)23(15)20)17-8-10-18(11-9-17)25-14-16-5-3-2-4-6-16/h2-6,8-11,13,15H,7,12,14H2,1H3. The summed E-state index contributed by atoms with van der Waals surface area (Å²) in [4.78, 5) is 17.0. The van der Waals surface area contributed by atoms with Gasteiger partial charge in [-0.15, -0.1) is 0 Å². The Hall–Kier alpha value is -2.88. The van der Waals surface area contributed by atoms with Crippen molar-refractivity contribution in [2.45, 2.75) is 32.4 Å². The number of ether oxygens (including phenoxy) is 1. The van der Waals surface area contributed by atoms with Crippen LogP contribution >= 0.6 is 0 Å². The van der Waals surface area contributed by atoms with Gasteiger partial charge in [-0.2, -0.15) is 0 Å². The first-order chi connectivity index (χ1) is 12.2. The first kappa shape index (κ1) is 15.6. The highest BCUT2D eigenvalue weighted by molar-refractivity contribution is 5.59. The van der Waals surface area contributed by atoms with Crippen LogP contribution in [0, 0.1) is 0 Å². The van der Waals surface area contributed by atoms with Crippen molar-refractivity contribution >= 4 is 0 Å². The summed E-state index contributed by atoms with van der Waals surface area (Å²) >= 11 is 0. The lowest BCUT2D eigenvalue weighted by molar-refractivity contribution is 0.306. The van der Waals surface area contributed by atoms with E-state index >= 15 is 0 Å². The van der Waals surface area contributed by atoms with Gasteiger partial charge < -0.3 is 4.74 Å². The Morgan fingerprint density at radius 3 is 2.64 bits per heavy atom. The zero-order valence-electron chi connectivity index (χ0n) is 14.2. The molecule has 2 aromatic carbocycles. The van der Waals surface area contributed by atoms with Crippen molar-refractivity contribution in [2.24, 2.45) is 0 Å².